The lowest BCUT2D eigenvalue weighted by atomic mass is 9.95. The zero-order chi connectivity index (χ0) is 35.8. The molecule has 1 atom stereocenters. The third kappa shape index (κ3) is 8.73. The van der Waals surface area contributed by atoms with Crippen LogP contribution < -0.4 is 10.6 Å². The van der Waals surface area contributed by atoms with E-state index < -0.39 is 11.6 Å². The summed E-state index contributed by atoms with van der Waals surface area (Å²) in [4.78, 5) is 36.5. The van der Waals surface area contributed by atoms with Crippen LogP contribution in [-0.4, -0.2) is 61.7 Å². The summed E-state index contributed by atoms with van der Waals surface area (Å²) >= 11 is 0. The summed E-state index contributed by atoms with van der Waals surface area (Å²) in [6, 6.07) is 14.5. The number of carbonyl (C=O) groups excluding carboxylic acids is 2. The number of carbonyl (C=O) groups is 2. The molecule has 0 radical (unpaired) electrons. The molecule has 0 unspecified atom stereocenters. The maximum absolute atomic E-state index is 12.9. The molecule has 2 aromatic carbocycles. The van der Waals surface area contributed by atoms with Crippen LogP contribution in [0.25, 0.3) is 11.5 Å². The first-order valence-corrected chi connectivity index (χ1v) is 18.3. The number of benzene rings is 2. The first-order chi connectivity index (χ1) is 24.8. The highest BCUT2D eigenvalue weighted by Gasteiger charge is 2.38. The fourth-order valence-corrected chi connectivity index (χ4v) is 6.84. The molecule has 2 aliphatic heterocycles. The smallest absolute Gasteiger partial charge is 0.339 e. The van der Waals surface area contributed by atoms with E-state index in [1.165, 1.54) is 32.1 Å². The number of amides is 1. The van der Waals surface area contributed by atoms with Crippen molar-refractivity contribution in [2.24, 2.45) is 0 Å². The van der Waals surface area contributed by atoms with Gasteiger partial charge in [0.05, 0.1) is 23.8 Å². The first-order valence-electron chi connectivity index (χ1n) is 18.3. The summed E-state index contributed by atoms with van der Waals surface area (Å²) < 4.78 is 11.8. The molecule has 51 heavy (non-hydrogen) atoms. The van der Waals surface area contributed by atoms with E-state index in [-0.39, 0.29) is 30.3 Å². The van der Waals surface area contributed by atoms with Gasteiger partial charge in [0.1, 0.15) is 11.4 Å². The number of nitrogens with one attached hydrogen (secondary N) is 2. The Bertz CT molecular complexity index is 1790. The molecule has 1 amide bonds. The molecule has 12 heteroatoms. The summed E-state index contributed by atoms with van der Waals surface area (Å²) in [5.41, 5.74) is 2.62. The van der Waals surface area contributed by atoms with E-state index in [0.29, 0.717) is 54.0 Å². The lowest BCUT2D eigenvalue weighted by Gasteiger charge is -2.30. The van der Waals surface area contributed by atoms with Gasteiger partial charge in [-0.3, -0.25) is 4.79 Å². The Labute approximate surface area is 299 Å². The van der Waals surface area contributed by atoms with Crippen molar-refractivity contribution < 1.29 is 23.8 Å². The van der Waals surface area contributed by atoms with Gasteiger partial charge < -0.3 is 29.8 Å². The van der Waals surface area contributed by atoms with Gasteiger partial charge in [0, 0.05) is 42.9 Å². The van der Waals surface area contributed by atoms with Crippen molar-refractivity contribution >= 4 is 29.3 Å². The number of nitrogens with zero attached hydrogens (tertiary/aromatic N) is 5. The molecule has 6 rings (SSSR count). The Morgan fingerprint density at radius 3 is 2.49 bits per heavy atom. The van der Waals surface area contributed by atoms with E-state index in [2.05, 4.69) is 32.7 Å². The SMILES string of the molecule is CCCCCCCCCC(=O)N1CCC(c2nnc(-c3cnc(Nc4ccc5c(c4)C(C)(C)OC5=O)nc3N[C@H](CO)c3ccccc3)o2)CC1. The lowest BCUT2D eigenvalue weighted by molar-refractivity contribution is -0.132. The number of aliphatic hydroxyl groups is 1. The number of rotatable bonds is 16. The van der Waals surface area contributed by atoms with Crippen molar-refractivity contribution in [2.75, 3.05) is 30.3 Å². The molecule has 0 aliphatic carbocycles. The Morgan fingerprint density at radius 2 is 1.75 bits per heavy atom. The Morgan fingerprint density at radius 1 is 1.00 bits per heavy atom. The van der Waals surface area contributed by atoms with Crippen LogP contribution in [0.4, 0.5) is 17.5 Å². The van der Waals surface area contributed by atoms with Gasteiger partial charge in [-0.25, -0.2) is 9.78 Å². The molecule has 4 heterocycles. The van der Waals surface area contributed by atoms with Gasteiger partial charge in [-0.2, -0.15) is 4.98 Å². The van der Waals surface area contributed by atoms with Gasteiger partial charge in [-0.15, -0.1) is 10.2 Å². The van der Waals surface area contributed by atoms with Crippen LogP contribution >= 0.6 is 0 Å². The largest absolute Gasteiger partial charge is 0.451 e. The number of aromatic nitrogens is 4. The monoisotopic (exact) mass is 695 g/mol. The van der Waals surface area contributed by atoms with Crippen molar-refractivity contribution in [3.8, 4) is 11.5 Å². The number of cyclic esters (lactones) is 1. The number of piperidine rings is 1. The molecular weight excluding hydrogens is 646 g/mol. The van der Waals surface area contributed by atoms with E-state index in [1.807, 2.05) is 55.1 Å². The third-order valence-corrected chi connectivity index (χ3v) is 9.84. The van der Waals surface area contributed by atoms with Crippen molar-refractivity contribution in [3.05, 3.63) is 77.3 Å². The predicted molar refractivity (Wildman–Crippen MR) is 195 cm³/mol. The summed E-state index contributed by atoms with van der Waals surface area (Å²) in [7, 11) is 0. The van der Waals surface area contributed by atoms with E-state index in [1.54, 1.807) is 18.3 Å². The third-order valence-electron chi connectivity index (χ3n) is 9.84. The average molecular weight is 696 g/mol. The minimum Gasteiger partial charge on any atom is -0.451 e. The van der Waals surface area contributed by atoms with Crippen LogP contribution in [0.1, 0.15) is 124 Å². The molecular formula is C39H49N7O5. The number of hydrogen-bond acceptors (Lipinski definition) is 11. The quantitative estimate of drug-likeness (QED) is 0.0781. The number of esters is 1. The van der Waals surface area contributed by atoms with Crippen LogP contribution in [0.15, 0.2) is 59.1 Å². The van der Waals surface area contributed by atoms with Gasteiger partial charge in [0.15, 0.2) is 0 Å². The second-order valence-corrected chi connectivity index (χ2v) is 14.0. The van der Waals surface area contributed by atoms with E-state index in [0.717, 1.165) is 36.8 Å². The Balaban J connectivity index is 1.15. The van der Waals surface area contributed by atoms with E-state index >= 15 is 0 Å². The van der Waals surface area contributed by atoms with Crippen LogP contribution in [-0.2, 0) is 15.1 Å². The summed E-state index contributed by atoms with van der Waals surface area (Å²) in [6.07, 6.45) is 12.1. The van der Waals surface area contributed by atoms with E-state index in [9.17, 15) is 14.7 Å². The number of hydrogen-bond donors (Lipinski definition) is 3. The lowest BCUT2D eigenvalue weighted by Crippen LogP contribution is -2.37. The highest BCUT2D eigenvalue weighted by molar-refractivity contribution is 5.95. The normalized spacial score (nSPS) is 16.1. The Kier molecular flexibility index (Phi) is 11.6. The minimum absolute atomic E-state index is 0.0431. The number of likely N-dealkylation sites (tertiary alicyclic amines) is 1. The fraction of sp³-hybridized carbons (Fsp3) is 0.487. The summed E-state index contributed by atoms with van der Waals surface area (Å²) in [6.45, 7) is 7.08. The maximum Gasteiger partial charge on any atom is 0.339 e. The molecule has 270 valence electrons. The zero-order valence-electron chi connectivity index (χ0n) is 29.9. The maximum atomic E-state index is 12.9. The molecule has 3 N–H and O–H groups in total. The molecule has 2 aliphatic rings. The van der Waals surface area contributed by atoms with Crippen LogP contribution in [0, 0.1) is 0 Å². The second-order valence-electron chi connectivity index (χ2n) is 14.0. The van der Waals surface area contributed by atoms with Crippen LogP contribution in [0.5, 0.6) is 0 Å². The standard InChI is InChI=1S/C39H49N7O5/c1-4-5-6-7-8-9-13-16-33(48)46-21-19-27(20-22-46)35-44-45-36(50-35)30-24-40-38(43-34(30)42-32(25-47)26-14-11-10-12-15-26)41-28-17-18-29-31(23-28)39(2,3)51-37(29)49/h10-12,14-15,17-18,23-24,27,32,47H,4-9,13,16,19-22,25H2,1-3H3,(H2,40,41,42,43)/t32-/m1/s1. The Hall–Kier alpha value is -4.84. The molecule has 1 fully saturated rings. The average Bonchev–Trinajstić information content (AvgIpc) is 3.72. The molecule has 1 saturated heterocycles. The van der Waals surface area contributed by atoms with Crippen LogP contribution in [0.3, 0.4) is 0 Å². The van der Waals surface area contributed by atoms with Gasteiger partial charge in [-0.1, -0.05) is 75.8 Å². The molecule has 0 spiro atoms. The van der Waals surface area contributed by atoms with Crippen molar-refractivity contribution in [2.45, 2.75) is 103 Å². The van der Waals surface area contributed by atoms with Crippen molar-refractivity contribution in [1.29, 1.82) is 0 Å². The fourth-order valence-electron chi connectivity index (χ4n) is 6.84. The highest BCUT2D eigenvalue weighted by Crippen LogP contribution is 2.38. The number of unbranched alkanes of at least 4 members (excludes halogenated alkanes) is 6. The number of fused-ring (bicyclic) bond motifs is 1. The predicted octanol–water partition coefficient (Wildman–Crippen LogP) is 7.67. The molecule has 2 aromatic heterocycles. The van der Waals surface area contributed by atoms with Gasteiger partial charge in [0.2, 0.25) is 17.7 Å². The van der Waals surface area contributed by atoms with Crippen molar-refractivity contribution in [1.82, 2.24) is 25.1 Å². The van der Waals surface area contributed by atoms with Crippen LogP contribution in [0.2, 0.25) is 0 Å². The highest BCUT2D eigenvalue weighted by atomic mass is 16.6. The zero-order valence-corrected chi connectivity index (χ0v) is 29.9. The van der Waals surface area contributed by atoms with Gasteiger partial charge in [0.25, 0.3) is 5.89 Å². The number of aliphatic hydroxyl groups excluding tert-OH is 1. The summed E-state index contributed by atoms with van der Waals surface area (Å²) in [5.74, 6) is 1.41. The molecule has 12 nitrogen and oxygen atoms in total. The number of ether oxygens (including phenoxy) is 1. The number of anilines is 3. The van der Waals surface area contributed by atoms with Crippen molar-refractivity contribution in [3.63, 3.8) is 0 Å². The second kappa shape index (κ2) is 16.5. The molecule has 4 aromatic rings. The summed E-state index contributed by atoms with van der Waals surface area (Å²) in [5, 5.41) is 25.8. The molecule has 0 saturated carbocycles. The van der Waals surface area contributed by atoms with E-state index in [4.69, 9.17) is 14.1 Å². The first kappa shape index (κ1) is 36.0. The minimum atomic E-state index is -0.749. The molecule has 0 bridgehead atoms. The van der Waals surface area contributed by atoms with Gasteiger partial charge >= 0.3 is 5.97 Å². The topological polar surface area (TPSA) is 156 Å². The van der Waals surface area contributed by atoms with Gasteiger partial charge in [-0.05, 0) is 56.9 Å².